The van der Waals surface area contributed by atoms with Gasteiger partial charge in [0, 0.05) is 6.07 Å². The van der Waals surface area contributed by atoms with Crippen molar-refractivity contribution in [1.29, 1.82) is 0 Å². The van der Waals surface area contributed by atoms with Gasteiger partial charge < -0.3 is 9.47 Å². The van der Waals surface area contributed by atoms with Crippen molar-refractivity contribution in [3.63, 3.8) is 0 Å². The van der Waals surface area contributed by atoms with Crippen molar-refractivity contribution in [3.05, 3.63) is 59.7 Å². The van der Waals surface area contributed by atoms with Crippen molar-refractivity contribution < 1.29 is 19.1 Å². The molecule has 26 heavy (non-hydrogen) atoms. The number of hydrogen-bond donors (Lipinski definition) is 0. The smallest absolute Gasteiger partial charge is 0.261 e. The molecular formula is C21H23NO4. The Labute approximate surface area is 153 Å². The minimum absolute atomic E-state index is 0.213. The van der Waals surface area contributed by atoms with E-state index in [0.717, 1.165) is 12.2 Å². The molecule has 0 saturated heterocycles. The third-order valence-electron chi connectivity index (χ3n) is 4.23. The van der Waals surface area contributed by atoms with E-state index in [4.69, 9.17) is 9.47 Å². The van der Waals surface area contributed by atoms with Gasteiger partial charge in [0.15, 0.2) is 0 Å². The van der Waals surface area contributed by atoms with Gasteiger partial charge in [-0.3, -0.25) is 14.5 Å². The lowest BCUT2D eigenvalue weighted by Crippen LogP contribution is -2.33. The molecule has 5 nitrogen and oxygen atoms in total. The van der Waals surface area contributed by atoms with E-state index in [2.05, 4.69) is 13.8 Å². The number of rotatable bonds is 8. The first kappa shape index (κ1) is 18.0. The maximum atomic E-state index is 12.3. The molecule has 3 rings (SSSR count). The number of carbonyl (C=O) groups is 2. The van der Waals surface area contributed by atoms with Crippen LogP contribution in [0.2, 0.25) is 0 Å². The number of ether oxygens (including phenoxy) is 2. The van der Waals surface area contributed by atoms with Gasteiger partial charge in [-0.2, -0.15) is 0 Å². The number of nitrogens with zero attached hydrogens (tertiary/aromatic N) is 1. The maximum absolute atomic E-state index is 12.3. The van der Waals surface area contributed by atoms with Gasteiger partial charge in [-0.1, -0.05) is 32.0 Å². The topological polar surface area (TPSA) is 55.8 Å². The van der Waals surface area contributed by atoms with Crippen LogP contribution in [0.1, 0.15) is 41.0 Å². The Morgan fingerprint density at radius 2 is 1.42 bits per heavy atom. The van der Waals surface area contributed by atoms with Crippen LogP contribution in [-0.2, 0) is 0 Å². The molecule has 0 bridgehead atoms. The zero-order valence-corrected chi connectivity index (χ0v) is 15.1. The number of fused-ring (bicyclic) bond motifs is 1. The van der Waals surface area contributed by atoms with Crippen LogP contribution in [0.5, 0.6) is 11.5 Å². The molecule has 2 aromatic carbocycles. The van der Waals surface area contributed by atoms with E-state index >= 15 is 0 Å². The second kappa shape index (κ2) is 8.04. The van der Waals surface area contributed by atoms with Crippen molar-refractivity contribution >= 4 is 11.8 Å². The fourth-order valence-electron chi connectivity index (χ4n) is 2.76. The monoisotopic (exact) mass is 353 g/mol. The second-order valence-electron chi connectivity index (χ2n) is 6.66. The molecule has 1 aliphatic rings. The summed E-state index contributed by atoms with van der Waals surface area (Å²) in [6, 6.07) is 14.3. The third-order valence-corrected chi connectivity index (χ3v) is 4.23. The highest BCUT2D eigenvalue weighted by atomic mass is 16.5. The lowest BCUT2D eigenvalue weighted by atomic mass is 10.1. The lowest BCUT2D eigenvalue weighted by Gasteiger charge is -2.15. The summed E-state index contributed by atoms with van der Waals surface area (Å²) in [7, 11) is 0. The van der Waals surface area contributed by atoms with Crippen LogP contribution in [0, 0.1) is 5.92 Å². The first-order valence-corrected chi connectivity index (χ1v) is 8.87. The molecule has 0 radical (unpaired) electrons. The molecule has 0 aromatic heterocycles. The summed E-state index contributed by atoms with van der Waals surface area (Å²) in [6.45, 7) is 5.42. The van der Waals surface area contributed by atoms with Crippen LogP contribution in [0.4, 0.5) is 0 Å². The van der Waals surface area contributed by atoms with Crippen LogP contribution in [0.15, 0.2) is 48.5 Å². The highest BCUT2D eigenvalue weighted by Crippen LogP contribution is 2.23. The van der Waals surface area contributed by atoms with Crippen molar-refractivity contribution in [1.82, 2.24) is 4.90 Å². The van der Waals surface area contributed by atoms with Gasteiger partial charge in [-0.15, -0.1) is 0 Å². The molecular weight excluding hydrogens is 330 g/mol. The maximum Gasteiger partial charge on any atom is 0.261 e. The number of hydrogen-bond acceptors (Lipinski definition) is 4. The number of benzene rings is 2. The zero-order valence-electron chi connectivity index (χ0n) is 15.1. The van der Waals surface area contributed by atoms with Crippen LogP contribution < -0.4 is 9.47 Å². The van der Waals surface area contributed by atoms with E-state index in [1.807, 2.05) is 24.3 Å². The van der Waals surface area contributed by atoms with Gasteiger partial charge in [0.05, 0.1) is 24.3 Å². The van der Waals surface area contributed by atoms with Gasteiger partial charge >= 0.3 is 0 Å². The number of amides is 2. The van der Waals surface area contributed by atoms with Gasteiger partial charge in [-0.25, -0.2) is 0 Å². The molecule has 1 aliphatic heterocycles. The summed E-state index contributed by atoms with van der Waals surface area (Å²) < 4.78 is 11.4. The predicted molar refractivity (Wildman–Crippen MR) is 98.7 cm³/mol. The molecule has 0 aliphatic carbocycles. The summed E-state index contributed by atoms with van der Waals surface area (Å²) in [5.74, 6) is 1.47. The summed E-state index contributed by atoms with van der Waals surface area (Å²) in [5.41, 5.74) is 0.913. The van der Waals surface area contributed by atoms with E-state index in [-0.39, 0.29) is 25.0 Å². The van der Waals surface area contributed by atoms with Crippen molar-refractivity contribution in [2.75, 3.05) is 19.8 Å². The summed E-state index contributed by atoms with van der Waals surface area (Å²) in [6.07, 6.45) is 0.991. The predicted octanol–water partition coefficient (Wildman–Crippen LogP) is 3.79. The Kier molecular flexibility index (Phi) is 5.56. The Balaban J connectivity index is 1.53. The molecule has 5 heteroatoms. The van der Waals surface area contributed by atoms with Crippen LogP contribution in [0.3, 0.4) is 0 Å². The molecule has 0 unspecified atom stereocenters. The molecule has 0 fully saturated rings. The highest BCUT2D eigenvalue weighted by molar-refractivity contribution is 6.21. The van der Waals surface area contributed by atoms with Gasteiger partial charge in [-0.05, 0) is 36.6 Å². The third kappa shape index (κ3) is 4.04. The fourth-order valence-corrected chi connectivity index (χ4v) is 2.76. The van der Waals surface area contributed by atoms with Crippen molar-refractivity contribution in [3.8, 4) is 11.5 Å². The molecule has 0 atom stereocenters. The number of imide groups is 1. The number of carbonyl (C=O) groups excluding carboxylic acids is 2. The van der Waals surface area contributed by atoms with Crippen LogP contribution in [0.25, 0.3) is 0 Å². The molecule has 1 heterocycles. The van der Waals surface area contributed by atoms with Gasteiger partial charge in [0.25, 0.3) is 11.8 Å². The Hall–Kier alpha value is -2.82. The van der Waals surface area contributed by atoms with E-state index in [0.29, 0.717) is 29.4 Å². The largest absolute Gasteiger partial charge is 0.493 e. The Morgan fingerprint density at radius 1 is 0.846 bits per heavy atom. The highest BCUT2D eigenvalue weighted by Gasteiger charge is 2.34. The van der Waals surface area contributed by atoms with Crippen LogP contribution in [-0.4, -0.2) is 36.5 Å². The average Bonchev–Trinajstić information content (AvgIpc) is 2.87. The summed E-state index contributed by atoms with van der Waals surface area (Å²) in [5, 5.41) is 0. The molecule has 136 valence electrons. The lowest BCUT2D eigenvalue weighted by molar-refractivity contribution is 0.0631. The molecule has 0 spiro atoms. The zero-order chi connectivity index (χ0) is 18.5. The first-order chi connectivity index (χ1) is 12.6. The molecule has 0 saturated carbocycles. The quantitative estimate of drug-likeness (QED) is 0.678. The summed E-state index contributed by atoms with van der Waals surface area (Å²) >= 11 is 0. The van der Waals surface area contributed by atoms with Gasteiger partial charge in [0.1, 0.15) is 18.1 Å². The van der Waals surface area contributed by atoms with Crippen LogP contribution >= 0.6 is 0 Å². The standard InChI is InChI=1S/C21H23NO4/c1-15(2)10-12-25-16-6-5-7-17(14-16)26-13-11-22-20(23)18-8-3-4-9-19(18)21(22)24/h3-9,14-15H,10-13H2,1-2H3. The first-order valence-electron chi connectivity index (χ1n) is 8.87. The fraction of sp³-hybridized carbons (Fsp3) is 0.333. The van der Waals surface area contributed by atoms with E-state index in [9.17, 15) is 9.59 Å². The van der Waals surface area contributed by atoms with Crippen molar-refractivity contribution in [2.45, 2.75) is 20.3 Å². The van der Waals surface area contributed by atoms with E-state index < -0.39 is 0 Å². The molecule has 2 amide bonds. The minimum atomic E-state index is -0.264. The normalized spacial score (nSPS) is 13.3. The van der Waals surface area contributed by atoms with Crippen molar-refractivity contribution in [2.24, 2.45) is 5.92 Å². The van der Waals surface area contributed by atoms with E-state index in [1.165, 1.54) is 4.90 Å². The second-order valence-corrected chi connectivity index (χ2v) is 6.66. The molecule has 0 N–H and O–H groups in total. The molecule has 2 aromatic rings. The SMILES string of the molecule is CC(C)CCOc1cccc(OCCN2C(=O)c3ccccc3C2=O)c1. The Bertz CT molecular complexity index is 765. The van der Waals surface area contributed by atoms with E-state index in [1.54, 1.807) is 24.3 Å². The van der Waals surface area contributed by atoms with Gasteiger partial charge in [0.2, 0.25) is 0 Å². The Morgan fingerprint density at radius 3 is 2.00 bits per heavy atom. The summed E-state index contributed by atoms with van der Waals surface area (Å²) in [4.78, 5) is 25.8. The minimum Gasteiger partial charge on any atom is -0.493 e. The average molecular weight is 353 g/mol.